The number of carbonyl (C=O) groups is 3. The standard InChI is InChI=1S/C17H21ClN2O5/c1-2-24-17(23)13-5-3-4-8-20(13)15(21)10-25-14-7-6-11(18)9-12(14)16(19)22/h6-7,9,13H,2-5,8,10H2,1H3,(H2,19,22)/t13-/m1/s1. The minimum Gasteiger partial charge on any atom is -0.483 e. The molecule has 2 amide bonds. The van der Waals surface area contributed by atoms with Gasteiger partial charge in [-0.15, -0.1) is 0 Å². The van der Waals surface area contributed by atoms with Crippen LogP contribution in [0.15, 0.2) is 18.2 Å². The molecule has 1 aromatic carbocycles. The van der Waals surface area contributed by atoms with Gasteiger partial charge in [-0.05, 0) is 44.4 Å². The van der Waals surface area contributed by atoms with E-state index in [-0.39, 0.29) is 30.4 Å². The highest BCUT2D eigenvalue weighted by molar-refractivity contribution is 6.31. The van der Waals surface area contributed by atoms with E-state index in [4.69, 9.17) is 26.8 Å². The molecule has 0 unspecified atom stereocenters. The molecule has 2 rings (SSSR count). The van der Waals surface area contributed by atoms with Crippen LogP contribution < -0.4 is 10.5 Å². The molecule has 1 atom stereocenters. The Morgan fingerprint density at radius 1 is 1.32 bits per heavy atom. The number of rotatable bonds is 6. The van der Waals surface area contributed by atoms with Gasteiger partial charge in [-0.1, -0.05) is 11.6 Å². The van der Waals surface area contributed by atoms with E-state index in [2.05, 4.69) is 0 Å². The summed E-state index contributed by atoms with van der Waals surface area (Å²) in [5, 5.41) is 0.339. The Labute approximate surface area is 151 Å². The molecule has 0 aromatic heterocycles. The van der Waals surface area contributed by atoms with Gasteiger partial charge in [-0.25, -0.2) is 4.79 Å². The summed E-state index contributed by atoms with van der Waals surface area (Å²) < 4.78 is 10.5. The molecule has 0 bridgehead atoms. The van der Waals surface area contributed by atoms with Gasteiger partial charge in [0.1, 0.15) is 11.8 Å². The zero-order valence-electron chi connectivity index (χ0n) is 14.0. The zero-order valence-corrected chi connectivity index (χ0v) is 14.8. The molecule has 1 saturated heterocycles. The first-order valence-corrected chi connectivity index (χ1v) is 8.50. The Kier molecular flexibility index (Phi) is 6.64. The maximum Gasteiger partial charge on any atom is 0.328 e. The van der Waals surface area contributed by atoms with E-state index in [0.29, 0.717) is 18.0 Å². The average molecular weight is 369 g/mol. The fourth-order valence-corrected chi connectivity index (χ4v) is 2.93. The molecule has 1 fully saturated rings. The Balaban J connectivity index is 2.06. The van der Waals surface area contributed by atoms with E-state index >= 15 is 0 Å². The third-order valence-electron chi connectivity index (χ3n) is 3.94. The van der Waals surface area contributed by atoms with Crippen molar-refractivity contribution in [3.8, 4) is 5.75 Å². The predicted octanol–water partition coefficient (Wildman–Crippen LogP) is 1.76. The third-order valence-corrected chi connectivity index (χ3v) is 4.18. The number of piperidine rings is 1. The van der Waals surface area contributed by atoms with E-state index in [0.717, 1.165) is 12.8 Å². The summed E-state index contributed by atoms with van der Waals surface area (Å²) in [6.07, 6.45) is 2.24. The fourth-order valence-electron chi connectivity index (χ4n) is 2.76. The van der Waals surface area contributed by atoms with E-state index in [1.807, 2.05) is 0 Å². The van der Waals surface area contributed by atoms with Crippen molar-refractivity contribution in [3.63, 3.8) is 0 Å². The van der Waals surface area contributed by atoms with Crippen molar-refractivity contribution in [1.82, 2.24) is 4.90 Å². The molecule has 1 aromatic rings. The van der Waals surface area contributed by atoms with Crippen LogP contribution in [-0.2, 0) is 14.3 Å². The number of esters is 1. The van der Waals surface area contributed by atoms with E-state index in [1.54, 1.807) is 6.92 Å². The molecular formula is C17H21ClN2O5. The van der Waals surface area contributed by atoms with Gasteiger partial charge in [0.05, 0.1) is 12.2 Å². The number of hydrogen-bond donors (Lipinski definition) is 1. The normalized spacial score (nSPS) is 17.0. The lowest BCUT2D eigenvalue weighted by molar-refractivity contribution is -0.157. The van der Waals surface area contributed by atoms with Crippen molar-refractivity contribution >= 4 is 29.4 Å². The number of likely N-dealkylation sites (tertiary alicyclic amines) is 1. The summed E-state index contributed by atoms with van der Waals surface area (Å²) >= 11 is 5.84. The van der Waals surface area contributed by atoms with Crippen molar-refractivity contribution in [2.45, 2.75) is 32.2 Å². The van der Waals surface area contributed by atoms with Gasteiger partial charge < -0.3 is 20.1 Å². The van der Waals surface area contributed by atoms with Crippen LogP contribution in [0.2, 0.25) is 5.02 Å². The highest BCUT2D eigenvalue weighted by Gasteiger charge is 2.33. The Bertz CT molecular complexity index is 664. The highest BCUT2D eigenvalue weighted by Crippen LogP contribution is 2.23. The minimum atomic E-state index is -0.702. The van der Waals surface area contributed by atoms with Gasteiger partial charge in [0.15, 0.2) is 6.61 Å². The number of hydrogen-bond acceptors (Lipinski definition) is 5. The second-order valence-electron chi connectivity index (χ2n) is 5.64. The number of halogens is 1. The number of ether oxygens (including phenoxy) is 2. The summed E-state index contributed by atoms with van der Waals surface area (Å²) in [6.45, 7) is 2.15. The monoisotopic (exact) mass is 368 g/mol. The Morgan fingerprint density at radius 2 is 2.08 bits per heavy atom. The van der Waals surface area contributed by atoms with Crippen molar-refractivity contribution in [2.75, 3.05) is 19.8 Å². The van der Waals surface area contributed by atoms with Crippen LogP contribution in [0.5, 0.6) is 5.75 Å². The average Bonchev–Trinajstić information content (AvgIpc) is 2.60. The SMILES string of the molecule is CCOC(=O)[C@H]1CCCCN1C(=O)COc1ccc(Cl)cc1C(N)=O. The molecule has 2 N–H and O–H groups in total. The molecule has 25 heavy (non-hydrogen) atoms. The summed E-state index contributed by atoms with van der Waals surface area (Å²) in [6, 6.07) is 3.81. The molecule has 1 aliphatic heterocycles. The van der Waals surface area contributed by atoms with Gasteiger partial charge in [0, 0.05) is 11.6 Å². The zero-order chi connectivity index (χ0) is 18.4. The molecule has 0 spiro atoms. The van der Waals surface area contributed by atoms with Crippen LogP contribution in [0.25, 0.3) is 0 Å². The molecule has 1 aliphatic rings. The fraction of sp³-hybridized carbons (Fsp3) is 0.471. The summed E-state index contributed by atoms with van der Waals surface area (Å²) in [7, 11) is 0. The Hall–Kier alpha value is -2.28. The van der Waals surface area contributed by atoms with E-state index < -0.39 is 17.9 Å². The largest absolute Gasteiger partial charge is 0.483 e. The first-order valence-electron chi connectivity index (χ1n) is 8.12. The van der Waals surface area contributed by atoms with Gasteiger partial charge in [0.25, 0.3) is 11.8 Å². The molecule has 8 heteroatoms. The molecule has 0 saturated carbocycles. The molecule has 136 valence electrons. The quantitative estimate of drug-likeness (QED) is 0.771. The number of nitrogens with two attached hydrogens (primary N) is 1. The van der Waals surface area contributed by atoms with Crippen LogP contribution >= 0.6 is 11.6 Å². The molecule has 7 nitrogen and oxygen atoms in total. The van der Waals surface area contributed by atoms with Crippen LogP contribution in [0, 0.1) is 0 Å². The van der Waals surface area contributed by atoms with E-state index in [9.17, 15) is 14.4 Å². The summed E-state index contributed by atoms with van der Waals surface area (Å²) in [5.41, 5.74) is 5.39. The number of nitrogens with zero attached hydrogens (tertiary/aromatic N) is 1. The maximum absolute atomic E-state index is 12.5. The van der Waals surface area contributed by atoms with Crippen molar-refractivity contribution in [3.05, 3.63) is 28.8 Å². The number of amides is 2. The van der Waals surface area contributed by atoms with Crippen LogP contribution in [0.3, 0.4) is 0 Å². The van der Waals surface area contributed by atoms with Crippen molar-refractivity contribution in [1.29, 1.82) is 0 Å². The smallest absolute Gasteiger partial charge is 0.328 e. The molecule has 0 radical (unpaired) electrons. The van der Waals surface area contributed by atoms with Gasteiger partial charge in [-0.2, -0.15) is 0 Å². The lowest BCUT2D eigenvalue weighted by atomic mass is 10.0. The van der Waals surface area contributed by atoms with Crippen LogP contribution in [-0.4, -0.2) is 48.5 Å². The molecular weight excluding hydrogens is 348 g/mol. The Morgan fingerprint density at radius 3 is 2.76 bits per heavy atom. The third kappa shape index (κ3) is 4.85. The second-order valence-corrected chi connectivity index (χ2v) is 6.08. The van der Waals surface area contributed by atoms with Crippen LogP contribution in [0.4, 0.5) is 0 Å². The number of benzene rings is 1. The maximum atomic E-state index is 12.5. The van der Waals surface area contributed by atoms with E-state index in [1.165, 1.54) is 23.1 Å². The topological polar surface area (TPSA) is 98.9 Å². The molecule has 0 aliphatic carbocycles. The van der Waals surface area contributed by atoms with Gasteiger partial charge >= 0.3 is 5.97 Å². The molecule has 1 heterocycles. The van der Waals surface area contributed by atoms with Crippen LogP contribution in [0.1, 0.15) is 36.5 Å². The second kappa shape index (κ2) is 8.71. The summed E-state index contributed by atoms with van der Waals surface area (Å²) in [4.78, 5) is 37.5. The number of carbonyl (C=O) groups excluding carboxylic acids is 3. The predicted molar refractivity (Wildman–Crippen MR) is 91.4 cm³/mol. The summed E-state index contributed by atoms with van der Waals surface area (Å²) in [5.74, 6) is -1.27. The lowest BCUT2D eigenvalue weighted by Crippen LogP contribution is -2.50. The lowest BCUT2D eigenvalue weighted by Gasteiger charge is -2.33. The minimum absolute atomic E-state index is 0.0980. The first-order chi connectivity index (χ1) is 11.9. The first kappa shape index (κ1) is 19.1. The number of primary amides is 1. The highest BCUT2D eigenvalue weighted by atomic mass is 35.5. The van der Waals surface area contributed by atoms with Crippen molar-refractivity contribution < 1.29 is 23.9 Å². The van der Waals surface area contributed by atoms with Crippen molar-refractivity contribution in [2.24, 2.45) is 5.73 Å². The van der Waals surface area contributed by atoms with Gasteiger partial charge in [-0.3, -0.25) is 9.59 Å². The van der Waals surface area contributed by atoms with Gasteiger partial charge in [0.2, 0.25) is 0 Å².